The monoisotopic (exact) mass is 241 g/mol. The molecule has 0 amide bonds. The lowest BCUT2D eigenvalue weighted by atomic mass is 10.1. The Kier molecular flexibility index (Phi) is 4.18. The molecule has 0 saturated carbocycles. The lowest BCUT2D eigenvalue weighted by molar-refractivity contribution is -0.0563. The lowest BCUT2D eigenvalue weighted by Gasteiger charge is -2.11. The van der Waals surface area contributed by atoms with E-state index in [0.29, 0.717) is 19.6 Å². The molecule has 0 aromatic heterocycles. The minimum absolute atomic E-state index is 0.137. The van der Waals surface area contributed by atoms with Gasteiger partial charge in [0.05, 0.1) is 12.7 Å². The zero-order valence-electron chi connectivity index (χ0n) is 9.06. The Labute approximate surface area is 100 Å². The van der Waals surface area contributed by atoms with E-state index in [1.54, 1.807) is 0 Å². The fraction of sp³-hybridized carbons (Fsp3) is 0.500. The summed E-state index contributed by atoms with van der Waals surface area (Å²) in [6.45, 7) is 1.26. The molecule has 1 heterocycles. The van der Waals surface area contributed by atoms with Crippen molar-refractivity contribution < 1.29 is 9.47 Å². The van der Waals surface area contributed by atoms with Crippen LogP contribution >= 0.6 is 11.6 Å². The highest BCUT2D eigenvalue weighted by molar-refractivity contribution is 6.31. The number of nitrogens with two attached hydrogens (primary N) is 1. The highest BCUT2D eigenvalue weighted by atomic mass is 35.5. The minimum Gasteiger partial charge on any atom is -0.350 e. The predicted octanol–water partition coefficient (Wildman–Crippen LogP) is 1.97. The van der Waals surface area contributed by atoms with Gasteiger partial charge in [-0.15, -0.1) is 0 Å². The molecule has 2 atom stereocenters. The van der Waals surface area contributed by atoms with Crippen LogP contribution in [-0.2, 0) is 15.9 Å². The van der Waals surface area contributed by atoms with E-state index in [1.165, 1.54) is 0 Å². The van der Waals surface area contributed by atoms with Gasteiger partial charge in [0, 0.05) is 11.4 Å². The third-order valence-corrected chi connectivity index (χ3v) is 3.01. The Morgan fingerprint density at radius 2 is 2.19 bits per heavy atom. The van der Waals surface area contributed by atoms with Gasteiger partial charge in [-0.05, 0) is 24.6 Å². The molecule has 1 aliphatic heterocycles. The molecule has 1 aromatic carbocycles. The average molecular weight is 242 g/mol. The molecule has 1 aromatic rings. The number of benzene rings is 1. The van der Waals surface area contributed by atoms with Crippen molar-refractivity contribution in [1.29, 1.82) is 0 Å². The van der Waals surface area contributed by atoms with Crippen LogP contribution in [0.5, 0.6) is 0 Å². The average Bonchev–Trinajstić information content (AvgIpc) is 2.70. The van der Waals surface area contributed by atoms with Crippen molar-refractivity contribution in [2.24, 2.45) is 5.73 Å². The largest absolute Gasteiger partial charge is 0.350 e. The molecule has 88 valence electrons. The Balaban J connectivity index is 1.90. The van der Waals surface area contributed by atoms with Gasteiger partial charge < -0.3 is 15.2 Å². The van der Waals surface area contributed by atoms with E-state index >= 15 is 0 Å². The number of hydrogen-bond donors (Lipinski definition) is 1. The topological polar surface area (TPSA) is 44.5 Å². The van der Waals surface area contributed by atoms with E-state index < -0.39 is 0 Å². The molecule has 2 rings (SSSR count). The molecule has 0 spiro atoms. The Morgan fingerprint density at radius 3 is 2.94 bits per heavy atom. The van der Waals surface area contributed by atoms with E-state index in [4.69, 9.17) is 26.8 Å². The van der Waals surface area contributed by atoms with Gasteiger partial charge in [-0.2, -0.15) is 0 Å². The minimum atomic E-state index is -0.184. The van der Waals surface area contributed by atoms with Gasteiger partial charge in [0.15, 0.2) is 6.29 Å². The maximum absolute atomic E-state index is 6.07. The van der Waals surface area contributed by atoms with Crippen molar-refractivity contribution in [3.8, 4) is 0 Å². The van der Waals surface area contributed by atoms with Crippen molar-refractivity contribution in [3.05, 3.63) is 34.9 Å². The smallest absolute Gasteiger partial charge is 0.162 e. The highest BCUT2D eigenvalue weighted by Crippen LogP contribution is 2.22. The van der Waals surface area contributed by atoms with Gasteiger partial charge in [0.25, 0.3) is 0 Å². The Bertz CT molecular complexity index is 346. The SMILES string of the molecule is NCCC1COC(Cc2ccccc2Cl)O1. The van der Waals surface area contributed by atoms with Crippen molar-refractivity contribution in [2.45, 2.75) is 25.2 Å². The lowest BCUT2D eigenvalue weighted by Crippen LogP contribution is -2.17. The van der Waals surface area contributed by atoms with E-state index in [9.17, 15) is 0 Å². The van der Waals surface area contributed by atoms with Crippen LogP contribution in [0.2, 0.25) is 5.02 Å². The first-order valence-corrected chi connectivity index (χ1v) is 5.88. The summed E-state index contributed by atoms with van der Waals surface area (Å²) < 4.78 is 11.2. The molecule has 1 fully saturated rings. The molecule has 0 aliphatic carbocycles. The number of ether oxygens (including phenoxy) is 2. The van der Waals surface area contributed by atoms with Crippen molar-refractivity contribution in [3.63, 3.8) is 0 Å². The first kappa shape index (κ1) is 11.9. The molecule has 3 nitrogen and oxygen atoms in total. The van der Waals surface area contributed by atoms with E-state index in [0.717, 1.165) is 17.0 Å². The second kappa shape index (κ2) is 5.64. The first-order chi connectivity index (χ1) is 7.79. The fourth-order valence-electron chi connectivity index (χ4n) is 1.80. The summed E-state index contributed by atoms with van der Waals surface area (Å²) in [6, 6.07) is 7.75. The van der Waals surface area contributed by atoms with Crippen LogP contribution in [0.4, 0.5) is 0 Å². The van der Waals surface area contributed by atoms with Crippen LogP contribution in [-0.4, -0.2) is 25.5 Å². The third-order valence-electron chi connectivity index (χ3n) is 2.65. The van der Waals surface area contributed by atoms with Crippen LogP contribution in [0.1, 0.15) is 12.0 Å². The summed E-state index contributed by atoms with van der Waals surface area (Å²) in [7, 11) is 0. The quantitative estimate of drug-likeness (QED) is 0.877. The maximum Gasteiger partial charge on any atom is 0.162 e. The molecular weight excluding hydrogens is 226 g/mol. The predicted molar refractivity (Wildman–Crippen MR) is 63.4 cm³/mol. The fourth-order valence-corrected chi connectivity index (χ4v) is 2.01. The van der Waals surface area contributed by atoms with E-state index in [-0.39, 0.29) is 12.4 Å². The van der Waals surface area contributed by atoms with Gasteiger partial charge in [-0.3, -0.25) is 0 Å². The van der Waals surface area contributed by atoms with E-state index in [2.05, 4.69) is 0 Å². The summed E-state index contributed by atoms with van der Waals surface area (Å²) in [4.78, 5) is 0. The summed E-state index contributed by atoms with van der Waals surface area (Å²) in [5.41, 5.74) is 6.53. The zero-order chi connectivity index (χ0) is 11.4. The van der Waals surface area contributed by atoms with Gasteiger partial charge in [0.2, 0.25) is 0 Å². The molecule has 1 aliphatic rings. The normalized spacial score (nSPS) is 24.9. The van der Waals surface area contributed by atoms with Gasteiger partial charge >= 0.3 is 0 Å². The molecule has 0 radical (unpaired) electrons. The van der Waals surface area contributed by atoms with Crippen LogP contribution in [0.25, 0.3) is 0 Å². The van der Waals surface area contributed by atoms with E-state index in [1.807, 2.05) is 24.3 Å². The van der Waals surface area contributed by atoms with Crippen molar-refractivity contribution in [1.82, 2.24) is 0 Å². The molecular formula is C12H16ClNO2. The summed E-state index contributed by atoms with van der Waals surface area (Å²) in [5.74, 6) is 0. The number of halogens is 1. The number of hydrogen-bond acceptors (Lipinski definition) is 3. The maximum atomic E-state index is 6.07. The third kappa shape index (κ3) is 2.95. The first-order valence-electron chi connectivity index (χ1n) is 5.50. The second-order valence-electron chi connectivity index (χ2n) is 3.89. The summed E-state index contributed by atoms with van der Waals surface area (Å²) >= 11 is 6.07. The van der Waals surface area contributed by atoms with Crippen molar-refractivity contribution >= 4 is 11.6 Å². The standard InChI is InChI=1S/C12H16ClNO2/c13-11-4-2-1-3-9(11)7-12-15-8-10(16-12)5-6-14/h1-4,10,12H,5-8,14H2. The second-order valence-corrected chi connectivity index (χ2v) is 4.30. The molecule has 2 N–H and O–H groups in total. The zero-order valence-corrected chi connectivity index (χ0v) is 9.82. The van der Waals surface area contributed by atoms with Gasteiger partial charge in [0.1, 0.15) is 0 Å². The van der Waals surface area contributed by atoms with Crippen LogP contribution in [0, 0.1) is 0 Å². The van der Waals surface area contributed by atoms with Crippen LogP contribution in [0.3, 0.4) is 0 Å². The Morgan fingerprint density at radius 1 is 1.38 bits per heavy atom. The molecule has 16 heavy (non-hydrogen) atoms. The van der Waals surface area contributed by atoms with Crippen molar-refractivity contribution in [2.75, 3.05) is 13.2 Å². The number of rotatable bonds is 4. The molecule has 1 saturated heterocycles. The molecule has 2 unspecified atom stereocenters. The molecule has 0 bridgehead atoms. The van der Waals surface area contributed by atoms with Gasteiger partial charge in [-0.1, -0.05) is 29.8 Å². The highest BCUT2D eigenvalue weighted by Gasteiger charge is 2.25. The molecule has 4 heteroatoms. The summed E-state index contributed by atoms with van der Waals surface area (Å²) in [5, 5.41) is 0.761. The van der Waals surface area contributed by atoms with Gasteiger partial charge in [-0.25, -0.2) is 0 Å². The van der Waals surface area contributed by atoms with Crippen LogP contribution in [0.15, 0.2) is 24.3 Å². The van der Waals surface area contributed by atoms with Crippen LogP contribution < -0.4 is 5.73 Å². The summed E-state index contributed by atoms with van der Waals surface area (Å²) in [6.07, 6.45) is 1.49. The Hall–Kier alpha value is -0.610.